The van der Waals surface area contributed by atoms with Crippen molar-refractivity contribution in [3.63, 3.8) is 0 Å². The van der Waals surface area contributed by atoms with Crippen LogP contribution in [-0.2, 0) is 4.79 Å². The molecule has 6 nitrogen and oxygen atoms in total. The van der Waals surface area contributed by atoms with Crippen LogP contribution in [-0.4, -0.2) is 50.0 Å². The summed E-state index contributed by atoms with van der Waals surface area (Å²) in [5.41, 5.74) is 0.968. The molecule has 0 saturated carbocycles. The van der Waals surface area contributed by atoms with Gasteiger partial charge in [-0.05, 0) is 71.2 Å². The molecule has 1 aliphatic rings. The van der Waals surface area contributed by atoms with Crippen molar-refractivity contribution in [2.45, 2.75) is 64.2 Å². The quantitative estimate of drug-likeness (QED) is 0.704. The van der Waals surface area contributed by atoms with E-state index in [2.05, 4.69) is 24.0 Å². The second-order valence-electron chi connectivity index (χ2n) is 7.01. The van der Waals surface area contributed by atoms with Gasteiger partial charge in [-0.15, -0.1) is 10.2 Å². The number of hydrogen-bond donors (Lipinski definition) is 0. The molecule has 0 radical (unpaired) electrons. The lowest BCUT2D eigenvalue weighted by Gasteiger charge is -2.39. The van der Waals surface area contributed by atoms with Crippen LogP contribution < -0.4 is 4.74 Å². The second kappa shape index (κ2) is 8.78. The van der Waals surface area contributed by atoms with Crippen molar-refractivity contribution in [1.29, 1.82) is 0 Å². The van der Waals surface area contributed by atoms with Gasteiger partial charge in [0, 0.05) is 17.8 Å². The van der Waals surface area contributed by atoms with E-state index in [0.717, 1.165) is 35.3 Å². The highest BCUT2D eigenvalue weighted by molar-refractivity contribution is 7.99. The Morgan fingerprint density at radius 3 is 2.48 bits per heavy atom. The molecule has 2 heterocycles. The van der Waals surface area contributed by atoms with Gasteiger partial charge in [-0.3, -0.25) is 9.36 Å². The van der Waals surface area contributed by atoms with Crippen molar-refractivity contribution in [3.05, 3.63) is 30.1 Å². The zero-order chi connectivity index (χ0) is 19.4. The summed E-state index contributed by atoms with van der Waals surface area (Å²) in [5, 5.41) is 9.23. The first-order valence-electron chi connectivity index (χ1n) is 9.60. The third kappa shape index (κ3) is 4.46. The fourth-order valence-electron chi connectivity index (χ4n) is 3.71. The average Bonchev–Trinajstić information content (AvgIpc) is 3.01. The summed E-state index contributed by atoms with van der Waals surface area (Å²) >= 11 is 1.45. The Kier molecular flexibility index (Phi) is 6.42. The molecule has 0 aliphatic carbocycles. The Morgan fingerprint density at radius 2 is 1.85 bits per heavy atom. The van der Waals surface area contributed by atoms with Gasteiger partial charge < -0.3 is 9.64 Å². The summed E-state index contributed by atoms with van der Waals surface area (Å²) in [6, 6.07) is 8.48. The number of likely N-dealkylation sites (tertiary alicyclic amines) is 1. The number of ether oxygens (including phenoxy) is 1. The highest BCUT2D eigenvalue weighted by Crippen LogP contribution is 2.27. The normalized spacial score (nSPS) is 19.9. The zero-order valence-electron chi connectivity index (χ0n) is 16.5. The number of rotatable bonds is 6. The van der Waals surface area contributed by atoms with Crippen LogP contribution >= 0.6 is 11.8 Å². The van der Waals surface area contributed by atoms with Crippen LogP contribution in [0.3, 0.4) is 0 Å². The Labute approximate surface area is 165 Å². The largest absolute Gasteiger partial charge is 0.494 e. The Balaban J connectivity index is 1.72. The number of hydrogen-bond acceptors (Lipinski definition) is 5. The smallest absolute Gasteiger partial charge is 0.233 e. The third-order valence-corrected chi connectivity index (χ3v) is 5.92. The predicted molar refractivity (Wildman–Crippen MR) is 108 cm³/mol. The van der Waals surface area contributed by atoms with Crippen LogP contribution in [0.15, 0.2) is 29.4 Å². The number of aromatic nitrogens is 3. The molecule has 146 valence electrons. The molecule has 7 heteroatoms. The van der Waals surface area contributed by atoms with Gasteiger partial charge in [0.05, 0.1) is 12.4 Å². The molecule has 0 spiro atoms. The molecule has 3 rings (SSSR count). The molecule has 27 heavy (non-hydrogen) atoms. The van der Waals surface area contributed by atoms with Gasteiger partial charge in [0.15, 0.2) is 5.16 Å². The van der Waals surface area contributed by atoms with E-state index in [1.807, 2.05) is 47.6 Å². The first-order chi connectivity index (χ1) is 13.0. The summed E-state index contributed by atoms with van der Waals surface area (Å²) in [4.78, 5) is 14.8. The van der Waals surface area contributed by atoms with E-state index < -0.39 is 0 Å². The highest BCUT2D eigenvalue weighted by atomic mass is 32.2. The van der Waals surface area contributed by atoms with E-state index in [9.17, 15) is 4.79 Å². The zero-order valence-corrected chi connectivity index (χ0v) is 17.3. The second-order valence-corrected chi connectivity index (χ2v) is 7.95. The minimum absolute atomic E-state index is 0.179. The lowest BCUT2D eigenvalue weighted by Crippen LogP contribution is -2.48. The van der Waals surface area contributed by atoms with E-state index >= 15 is 0 Å². The van der Waals surface area contributed by atoms with Crippen LogP contribution in [0.1, 0.15) is 45.9 Å². The first-order valence-corrected chi connectivity index (χ1v) is 10.6. The molecule has 2 aromatic rings. The maximum Gasteiger partial charge on any atom is 0.233 e. The molecule has 1 aromatic carbocycles. The standard InChI is InChI=1S/C20H28N4O2S/c1-5-26-18-11-9-17(10-12-18)24-16(4)21-22-20(24)27-13-19(25)23-14(2)7-6-8-15(23)3/h9-12,14-15H,5-8,13H2,1-4H3/t14-,15-/m0/s1. The van der Waals surface area contributed by atoms with Crippen LogP contribution in [0.2, 0.25) is 0 Å². The summed E-state index contributed by atoms with van der Waals surface area (Å²) in [7, 11) is 0. The van der Waals surface area contributed by atoms with E-state index in [4.69, 9.17) is 4.74 Å². The van der Waals surface area contributed by atoms with Crippen molar-refractivity contribution in [2.75, 3.05) is 12.4 Å². The van der Waals surface area contributed by atoms with Crippen LogP contribution in [0.25, 0.3) is 5.69 Å². The molecular weight excluding hydrogens is 360 g/mol. The van der Waals surface area contributed by atoms with Gasteiger partial charge in [0.2, 0.25) is 5.91 Å². The maximum atomic E-state index is 12.8. The first kappa shape index (κ1) is 19.7. The molecular formula is C20H28N4O2S. The molecule has 1 aliphatic heterocycles. The lowest BCUT2D eigenvalue weighted by atomic mass is 9.98. The Hall–Kier alpha value is -2.02. The number of piperidine rings is 1. The van der Waals surface area contributed by atoms with Crippen LogP contribution in [0, 0.1) is 6.92 Å². The lowest BCUT2D eigenvalue weighted by molar-refractivity contribution is -0.134. The average molecular weight is 389 g/mol. The van der Waals surface area contributed by atoms with Gasteiger partial charge in [-0.2, -0.15) is 0 Å². The molecule has 1 amide bonds. The van der Waals surface area contributed by atoms with E-state index in [0.29, 0.717) is 24.4 Å². The number of carbonyl (C=O) groups is 1. The third-order valence-electron chi connectivity index (χ3n) is 5.01. The van der Waals surface area contributed by atoms with Crippen molar-refractivity contribution in [1.82, 2.24) is 19.7 Å². The molecule has 1 fully saturated rings. The molecule has 2 atom stereocenters. The fraction of sp³-hybridized carbons (Fsp3) is 0.550. The number of thioether (sulfide) groups is 1. The summed E-state index contributed by atoms with van der Waals surface area (Å²) in [6.45, 7) is 8.81. The van der Waals surface area contributed by atoms with Crippen molar-refractivity contribution in [3.8, 4) is 11.4 Å². The summed E-state index contributed by atoms with van der Waals surface area (Å²) in [6.07, 6.45) is 3.37. The van der Waals surface area contributed by atoms with Crippen LogP contribution in [0.5, 0.6) is 5.75 Å². The Morgan fingerprint density at radius 1 is 1.19 bits per heavy atom. The van der Waals surface area contributed by atoms with E-state index in [-0.39, 0.29) is 5.91 Å². The molecule has 0 N–H and O–H groups in total. The van der Waals surface area contributed by atoms with E-state index in [1.165, 1.54) is 18.2 Å². The number of nitrogens with zero attached hydrogens (tertiary/aromatic N) is 4. The minimum Gasteiger partial charge on any atom is -0.494 e. The van der Waals surface area contributed by atoms with Gasteiger partial charge in [-0.1, -0.05) is 11.8 Å². The van der Waals surface area contributed by atoms with Crippen molar-refractivity contribution in [2.24, 2.45) is 0 Å². The number of benzene rings is 1. The molecule has 0 bridgehead atoms. The fourth-order valence-corrected chi connectivity index (χ4v) is 4.57. The van der Waals surface area contributed by atoms with Gasteiger partial charge in [0.25, 0.3) is 0 Å². The highest BCUT2D eigenvalue weighted by Gasteiger charge is 2.29. The minimum atomic E-state index is 0.179. The van der Waals surface area contributed by atoms with Gasteiger partial charge >= 0.3 is 0 Å². The maximum absolute atomic E-state index is 12.8. The SMILES string of the molecule is CCOc1ccc(-n2c(C)nnc2SCC(=O)N2[C@@H](C)CCC[C@@H]2C)cc1. The number of carbonyl (C=O) groups excluding carboxylic acids is 1. The van der Waals surface area contributed by atoms with Crippen molar-refractivity contribution >= 4 is 17.7 Å². The topological polar surface area (TPSA) is 60.2 Å². The van der Waals surface area contributed by atoms with Gasteiger partial charge in [0.1, 0.15) is 11.6 Å². The van der Waals surface area contributed by atoms with Crippen LogP contribution in [0.4, 0.5) is 0 Å². The molecule has 0 unspecified atom stereocenters. The number of aryl methyl sites for hydroxylation is 1. The Bertz CT molecular complexity index is 765. The summed E-state index contributed by atoms with van der Waals surface area (Å²) < 4.78 is 7.49. The van der Waals surface area contributed by atoms with Crippen molar-refractivity contribution < 1.29 is 9.53 Å². The molecule has 1 saturated heterocycles. The summed E-state index contributed by atoms with van der Waals surface area (Å²) in [5.74, 6) is 2.20. The molecule has 1 aromatic heterocycles. The monoisotopic (exact) mass is 388 g/mol. The van der Waals surface area contributed by atoms with Gasteiger partial charge in [-0.25, -0.2) is 0 Å². The van der Waals surface area contributed by atoms with E-state index in [1.54, 1.807) is 0 Å². The number of amides is 1. The predicted octanol–water partition coefficient (Wildman–Crippen LogP) is 3.86.